The Labute approximate surface area is 129 Å². The number of halogens is 3. The Morgan fingerprint density at radius 2 is 1.86 bits per heavy atom. The summed E-state index contributed by atoms with van der Waals surface area (Å²) in [4.78, 5) is 18.1. The van der Waals surface area contributed by atoms with Gasteiger partial charge >= 0.3 is 6.18 Å². The molecule has 116 valence electrons. The van der Waals surface area contributed by atoms with Gasteiger partial charge in [0.2, 0.25) is 0 Å². The second kappa shape index (κ2) is 5.79. The molecule has 0 N–H and O–H groups in total. The van der Waals surface area contributed by atoms with Gasteiger partial charge in [-0.25, -0.2) is 0 Å². The van der Waals surface area contributed by atoms with E-state index in [1.807, 2.05) is 4.90 Å². The summed E-state index contributed by atoms with van der Waals surface area (Å²) in [7, 11) is 0. The standard InChI is InChI=1S/C15H13F3N2OS/c16-15(17,18)11-6-2-1-5-10(11)9-12-13(21)19-14(22-12)20-7-3-4-8-20/h1-2,5-6,9H,3-4,7-8H2/b12-9-. The molecule has 1 saturated heterocycles. The van der Waals surface area contributed by atoms with Crippen LogP contribution < -0.4 is 0 Å². The maximum atomic E-state index is 13.0. The third-order valence-corrected chi connectivity index (χ3v) is 4.58. The number of aliphatic imine (C=N–C) groups is 1. The summed E-state index contributed by atoms with van der Waals surface area (Å²) in [5.74, 6) is -0.469. The van der Waals surface area contributed by atoms with E-state index in [9.17, 15) is 18.0 Å². The van der Waals surface area contributed by atoms with Crippen LogP contribution in [0.15, 0.2) is 34.2 Å². The zero-order valence-electron chi connectivity index (χ0n) is 11.6. The van der Waals surface area contributed by atoms with Gasteiger partial charge < -0.3 is 4.90 Å². The third kappa shape index (κ3) is 3.04. The molecule has 0 saturated carbocycles. The number of amides is 1. The van der Waals surface area contributed by atoms with Crippen LogP contribution in [-0.4, -0.2) is 29.1 Å². The molecule has 3 nitrogen and oxygen atoms in total. The van der Waals surface area contributed by atoms with Gasteiger partial charge in [0, 0.05) is 13.1 Å². The normalized spacial score (nSPS) is 20.9. The fourth-order valence-electron chi connectivity index (χ4n) is 2.46. The van der Waals surface area contributed by atoms with Gasteiger partial charge in [0.05, 0.1) is 10.5 Å². The van der Waals surface area contributed by atoms with Crippen LogP contribution in [0, 0.1) is 0 Å². The number of amidine groups is 1. The van der Waals surface area contributed by atoms with Crippen LogP contribution in [0.3, 0.4) is 0 Å². The molecule has 2 aliphatic rings. The largest absolute Gasteiger partial charge is 0.416 e. The van der Waals surface area contributed by atoms with Crippen molar-refractivity contribution in [3.05, 3.63) is 40.3 Å². The Balaban J connectivity index is 1.87. The van der Waals surface area contributed by atoms with Gasteiger partial charge in [-0.1, -0.05) is 18.2 Å². The molecule has 0 aliphatic carbocycles. The van der Waals surface area contributed by atoms with Gasteiger partial charge in [-0.15, -0.1) is 0 Å². The van der Waals surface area contributed by atoms with Crippen molar-refractivity contribution < 1.29 is 18.0 Å². The lowest BCUT2D eigenvalue weighted by molar-refractivity contribution is -0.137. The molecule has 1 aromatic carbocycles. The summed E-state index contributed by atoms with van der Waals surface area (Å²) in [6.07, 6.45) is -1.07. The van der Waals surface area contributed by atoms with Gasteiger partial charge in [0.15, 0.2) is 5.17 Å². The highest BCUT2D eigenvalue weighted by atomic mass is 32.2. The zero-order valence-corrected chi connectivity index (χ0v) is 12.4. The van der Waals surface area contributed by atoms with Crippen molar-refractivity contribution in [1.82, 2.24) is 4.90 Å². The highest BCUT2D eigenvalue weighted by Crippen LogP contribution is 2.36. The van der Waals surface area contributed by atoms with Crippen molar-refractivity contribution in [2.75, 3.05) is 13.1 Å². The molecule has 1 amide bonds. The van der Waals surface area contributed by atoms with E-state index in [1.54, 1.807) is 0 Å². The molecule has 2 aliphatic heterocycles. The quantitative estimate of drug-likeness (QED) is 0.737. The summed E-state index contributed by atoms with van der Waals surface area (Å²) in [5.41, 5.74) is -0.755. The number of carbonyl (C=O) groups excluding carboxylic acids is 1. The van der Waals surface area contributed by atoms with Crippen molar-refractivity contribution in [2.45, 2.75) is 19.0 Å². The van der Waals surface area contributed by atoms with Crippen LogP contribution in [0.25, 0.3) is 6.08 Å². The number of hydrogen-bond donors (Lipinski definition) is 0. The SMILES string of the molecule is O=C1N=C(N2CCCC2)S/C1=C\c1ccccc1C(F)(F)F. The molecule has 1 fully saturated rings. The van der Waals surface area contributed by atoms with Crippen molar-refractivity contribution in [2.24, 2.45) is 4.99 Å². The number of rotatable bonds is 1. The van der Waals surface area contributed by atoms with Crippen LogP contribution in [0.5, 0.6) is 0 Å². The maximum absolute atomic E-state index is 13.0. The van der Waals surface area contributed by atoms with Crippen LogP contribution in [-0.2, 0) is 11.0 Å². The Morgan fingerprint density at radius 3 is 2.55 bits per heavy atom. The fourth-order valence-corrected chi connectivity index (χ4v) is 3.42. The Hall–Kier alpha value is -1.76. The minimum Gasteiger partial charge on any atom is -0.351 e. The molecule has 0 spiro atoms. The van der Waals surface area contributed by atoms with Gasteiger partial charge in [0.1, 0.15) is 0 Å². The summed E-state index contributed by atoms with van der Waals surface area (Å²) >= 11 is 1.15. The molecule has 22 heavy (non-hydrogen) atoms. The first-order valence-electron chi connectivity index (χ1n) is 6.89. The van der Waals surface area contributed by atoms with Gasteiger partial charge in [-0.2, -0.15) is 18.2 Å². The topological polar surface area (TPSA) is 32.7 Å². The minimum absolute atomic E-state index is 0.0104. The molecular weight excluding hydrogens is 313 g/mol. The Morgan fingerprint density at radius 1 is 1.18 bits per heavy atom. The van der Waals surface area contributed by atoms with E-state index in [4.69, 9.17) is 0 Å². The smallest absolute Gasteiger partial charge is 0.351 e. The van der Waals surface area contributed by atoms with E-state index in [0.29, 0.717) is 5.17 Å². The van der Waals surface area contributed by atoms with Crippen molar-refractivity contribution >= 4 is 28.9 Å². The first-order chi connectivity index (χ1) is 10.4. The average molecular weight is 326 g/mol. The maximum Gasteiger partial charge on any atom is 0.416 e. The second-order valence-electron chi connectivity index (χ2n) is 5.09. The molecule has 0 aromatic heterocycles. The molecular formula is C15H13F3N2OS. The zero-order chi connectivity index (χ0) is 15.7. The van der Waals surface area contributed by atoms with Crippen LogP contribution in [0.4, 0.5) is 13.2 Å². The number of nitrogens with zero attached hydrogens (tertiary/aromatic N) is 2. The Bertz CT molecular complexity index is 661. The van der Waals surface area contributed by atoms with Crippen LogP contribution >= 0.6 is 11.8 Å². The predicted molar refractivity (Wildman–Crippen MR) is 80.3 cm³/mol. The summed E-state index contributed by atoms with van der Waals surface area (Å²) in [6, 6.07) is 5.23. The van der Waals surface area contributed by atoms with Gasteiger partial charge in [-0.3, -0.25) is 4.79 Å². The molecule has 0 unspecified atom stereocenters. The highest BCUT2D eigenvalue weighted by Gasteiger charge is 2.33. The van der Waals surface area contributed by atoms with Crippen LogP contribution in [0.2, 0.25) is 0 Å². The first-order valence-corrected chi connectivity index (χ1v) is 7.70. The number of carbonyl (C=O) groups is 1. The van der Waals surface area contributed by atoms with Crippen molar-refractivity contribution in [3.63, 3.8) is 0 Å². The van der Waals surface area contributed by atoms with E-state index >= 15 is 0 Å². The number of hydrogen-bond acceptors (Lipinski definition) is 3. The Kier molecular flexibility index (Phi) is 3.99. The number of likely N-dealkylation sites (tertiary alicyclic amines) is 1. The monoisotopic (exact) mass is 326 g/mol. The molecule has 0 bridgehead atoms. The second-order valence-corrected chi connectivity index (χ2v) is 6.10. The third-order valence-electron chi connectivity index (χ3n) is 3.54. The highest BCUT2D eigenvalue weighted by molar-refractivity contribution is 8.18. The van der Waals surface area contributed by atoms with Gasteiger partial charge in [0.25, 0.3) is 5.91 Å². The van der Waals surface area contributed by atoms with E-state index < -0.39 is 17.6 Å². The molecule has 3 rings (SSSR count). The summed E-state index contributed by atoms with van der Waals surface area (Å²) < 4.78 is 39.0. The summed E-state index contributed by atoms with van der Waals surface area (Å²) in [5, 5.41) is 0.596. The van der Waals surface area contributed by atoms with E-state index in [1.165, 1.54) is 24.3 Å². The lowest BCUT2D eigenvalue weighted by Gasteiger charge is -2.14. The lowest BCUT2D eigenvalue weighted by Crippen LogP contribution is -2.23. The summed E-state index contributed by atoms with van der Waals surface area (Å²) in [6.45, 7) is 1.68. The predicted octanol–water partition coefficient (Wildman–Crippen LogP) is 3.77. The van der Waals surface area contributed by atoms with Gasteiger partial charge in [-0.05, 0) is 42.3 Å². The number of alkyl halides is 3. The van der Waals surface area contributed by atoms with Crippen molar-refractivity contribution in [1.29, 1.82) is 0 Å². The molecule has 7 heteroatoms. The number of thioether (sulfide) groups is 1. The molecule has 0 radical (unpaired) electrons. The van der Waals surface area contributed by atoms with Crippen LogP contribution in [0.1, 0.15) is 24.0 Å². The fraction of sp³-hybridized carbons (Fsp3) is 0.333. The minimum atomic E-state index is -4.45. The van der Waals surface area contributed by atoms with Crippen molar-refractivity contribution in [3.8, 4) is 0 Å². The van der Waals surface area contributed by atoms with E-state index in [2.05, 4.69) is 4.99 Å². The molecule has 2 heterocycles. The number of benzene rings is 1. The van der Waals surface area contributed by atoms with E-state index in [0.717, 1.165) is 43.8 Å². The van der Waals surface area contributed by atoms with E-state index in [-0.39, 0.29) is 10.5 Å². The average Bonchev–Trinajstić information content (AvgIpc) is 3.09. The molecule has 0 atom stereocenters. The molecule has 1 aromatic rings. The lowest BCUT2D eigenvalue weighted by atomic mass is 10.1. The first kappa shape index (κ1) is 15.1.